The van der Waals surface area contributed by atoms with Crippen molar-refractivity contribution in [3.8, 4) is 0 Å². The fraction of sp³-hybridized carbons (Fsp3) is 0.316. The maximum atomic E-state index is 12.4. The molecule has 0 fully saturated rings. The second kappa shape index (κ2) is 9.24. The summed E-state index contributed by atoms with van der Waals surface area (Å²) in [6, 6.07) is 10.3. The van der Waals surface area contributed by atoms with E-state index in [1.54, 1.807) is 19.1 Å². The molecule has 28 heavy (non-hydrogen) atoms. The third kappa shape index (κ3) is 5.24. The van der Waals surface area contributed by atoms with Gasteiger partial charge in [-0.2, -0.15) is 8.42 Å². The second-order valence-corrected chi connectivity index (χ2v) is 8.48. The van der Waals surface area contributed by atoms with E-state index in [1.165, 1.54) is 30.3 Å². The standard InChI is InChI=1S/C19H20Cl2O6S/c1-3-26-18(22)19(23,14-6-9-16(20)17(21)12-14)10-11-27-28(24,25)15-7-4-13(2)5-8-15/h4-9,12,23H,3,10-11H2,1-2H3/t19-/m1/s1. The van der Waals surface area contributed by atoms with E-state index >= 15 is 0 Å². The zero-order chi connectivity index (χ0) is 20.9. The largest absolute Gasteiger partial charge is 0.464 e. The van der Waals surface area contributed by atoms with E-state index in [-0.39, 0.29) is 33.5 Å². The fourth-order valence-corrected chi connectivity index (χ4v) is 3.65. The van der Waals surface area contributed by atoms with Crippen LogP contribution in [0.2, 0.25) is 10.0 Å². The van der Waals surface area contributed by atoms with Crippen molar-refractivity contribution in [2.75, 3.05) is 13.2 Å². The van der Waals surface area contributed by atoms with Crippen LogP contribution in [0.15, 0.2) is 47.4 Å². The zero-order valence-electron chi connectivity index (χ0n) is 15.3. The van der Waals surface area contributed by atoms with E-state index in [2.05, 4.69) is 0 Å². The van der Waals surface area contributed by atoms with Crippen LogP contribution < -0.4 is 0 Å². The molecule has 152 valence electrons. The summed E-state index contributed by atoms with van der Waals surface area (Å²) in [6.45, 7) is 3.00. The van der Waals surface area contributed by atoms with Crippen molar-refractivity contribution in [3.05, 3.63) is 63.6 Å². The SMILES string of the molecule is CCOC(=O)[C@@](O)(CCOS(=O)(=O)c1ccc(C)cc1)c1ccc(Cl)c(Cl)c1. The van der Waals surface area contributed by atoms with Gasteiger partial charge in [-0.25, -0.2) is 4.79 Å². The molecule has 1 N–H and O–H groups in total. The Morgan fingerprint density at radius 3 is 2.32 bits per heavy atom. The van der Waals surface area contributed by atoms with Gasteiger partial charge in [0.1, 0.15) is 0 Å². The Morgan fingerprint density at radius 1 is 1.11 bits per heavy atom. The Kier molecular flexibility index (Phi) is 7.47. The van der Waals surface area contributed by atoms with Crippen molar-refractivity contribution >= 4 is 39.3 Å². The van der Waals surface area contributed by atoms with Crippen LogP contribution in [-0.4, -0.2) is 32.7 Å². The number of aryl methyl sites for hydroxylation is 1. The number of hydrogen-bond acceptors (Lipinski definition) is 6. The molecule has 0 bridgehead atoms. The summed E-state index contributed by atoms with van der Waals surface area (Å²) in [4.78, 5) is 12.4. The minimum atomic E-state index is -4.04. The highest BCUT2D eigenvalue weighted by Crippen LogP contribution is 2.32. The molecule has 9 heteroatoms. The van der Waals surface area contributed by atoms with Crippen LogP contribution >= 0.6 is 23.2 Å². The number of esters is 1. The molecule has 2 aromatic rings. The van der Waals surface area contributed by atoms with Crippen LogP contribution in [-0.2, 0) is 29.4 Å². The van der Waals surface area contributed by atoms with Crippen molar-refractivity contribution in [1.82, 2.24) is 0 Å². The quantitative estimate of drug-likeness (QED) is 0.489. The molecule has 0 unspecified atom stereocenters. The van der Waals surface area contributed by atoms with E-state index in [0.717, 1.165) is 5.56 Å². The van der Waals surface area contributed by atoms with Gasteiger partial charge < -0.3 is 9.84 Å². The molecule has 0 aliphatic heterocycles. The molecule has 0 aromatic heterocycles. The van der Waals surface area contributed by atoms with Crippen LogP contribution in [0.3, 0.4) is 0 Å². The Hall–Kier alpha value is -1.64. The molecule has 0 saturated carbocycles. The number of halogens is 2. The summed E-state index contributed by atoms with van der Waals surface area (Å²) >= 11 is 11.9. The first-order valence-electron chi connectivity index (χ1n) is 8.41. The topological polar surface area (TPSA) is 89.9 Å². The molecule has 0 radical (unpaired) electrons. The summed E-state index contributed by atoms with van der Waals surface area (Å²) < 4.78 is 34.5. The minimum Gasteiger partial charge on any atom is -0.464 e. The van der Waals surface area contributed by atoms with E-state index in [4.69, 9.17) is 32.1 Å². The third-order valence-electron chi connectivity index (χ3n) is 4.02. The fourth-order valence-electron chi connectivity index (χ4n) is 2.44. The predicted molar refractivity (Wildman–Crippen MR) is 106 cm³/mol. The summed E-state index contributed by atoms with van der Waals surface area (Å²) in [5.74, 6) is -0.940. The monoisotopic (exact) mass is 446 g/mol. The Morgan fingerprint density at radius 2 is 1.75 bits per heavy atom. The first-order valence-corrected chi connectivity index (χ1v) is 10.6. The van der Waals surface area contributed by atoms with Crippen molar-refractivity contribution in [2.45, 2.75) is 30.8 Å². The summed E-state index contributed by atoms with van der Waals surface area (Å²) in [5.41, 5.74) is -1.13. The Labute approximate surface area is 174 Å². The highest BCUT2D eigenvalue weighted by Gasteiger charge is 2.40. The van der Waals surface area contributed by atoms with Crippen LogP contribution in [0.25, 0.3) is 0 Å². The molecule has 0 aliphatic carbocycles. The molecule has 2 aromatic carbocycles. The molecule has 0 heterocycles. The average molecular weight is 447 g/mol. The lowest BCUT2D eigenvalue weighted by atomic mass is 9.91. The summed E-state index contributed by atoms with van der Waals surface area (Å²) in [7, 11) is -4.04. The van der Waals surface area contributed by atoms with Crippen LogP contribution in [0, 0.1) is 6.92 Å². The third-order valence-corrected chi connectivity index (χ3v) is 6.09. The van der Waals surface area contributed by atoms with Gasteiger partial charge in [-0.1, -0.05) is 47.0 Å². The highest BCUT2D eigenvalue weighted by atomic mass is 35.5. The number of rotatable bonds is 8. The van der Waals surface area contributed by atoms with Crippen molar-refractivity contribution in [1.29, 1.82) is 0 Å². The van der Waals surface area contributed by atoms with Gasteiger partial charge in [0.05, 0.1) is 28.2 Å². The minimum absolute atomic E-state index is 0.0210. The van der Waals surface area contributed by atoms with E-state index in [1.807, 2.05) is 6.92 Å². The number of hydrogen-bond donors (Lipinski definition) is 1. The van der Waals surface area contributed by atoms with Gasteiger partial charge in [0.15, 0.2) is 5.60 Å². The van der Waals surface area contributed by atoms with Gasteiger partial charge in [-0.3, -0.25) is 4.18 Å². The van der Waals surface area contributed by atoms with Gasteiger partial charge in [-0.15, -0.1) is 0 Å². The average Bonchev–Trinajstić information content (AvgIpc) is 2.64. The van der Waals surface area contributed by atoms with E-state index in [0.29, 0.717) is 0 Å². The van der Waals surface area contributed by atoms with Crippen molar-refractivity contribution in [3.63, 3.8) is 0 Å². The maximum absolute atomic E-state index is 12.4. The molecule has 0 amide bonds. The predicted octanol–water partition coefficient (Wildman–Crippen LogP) is 3.85. The number of benzene rings is 2. The number of aliphatic hydroxyl groups is 1. The second-order valence-electron chi connectivity index (χ2n) is 6.05. The number of carbonyl (C=O) groups excluding carboxylic acids is 1. The summed E-state index contributed by atoms with van der Waals surface area (Å²) in [5, 5.41) is 11.3. The van der Waals surface area contributed by atoms with Crippen LogP contribution in [0.5, 0.6) is 0 Å². The van der Waals surface area contributed by atoms with Crippen molar-refractivity contribution < 1.29 is 27.2 Å². The molecule has 0 aliphatic rings. The van der Waals surface area contributed by atoms with E-state index < -0.39 is 28.3 Å². The highest BCUT2D eigenvalue weighted by molar-refractivity contribution is 7.86. The van der Waals surface area contributed by atoms with E-state index in [9.17, 15) is 18.3 Å². The summed E-state index contributed by atoms with van der Waals surface area (Å²) in [6.07, 6.45) is -0.366. The Bertz CT molecular complexity index is 943. The van der Waals surface area contributed by atoms with Gasteiger partial charge in [0.25, 0.3) is 10.1 Å². The molecule has 1 atom stereocenters. The van der Waals surface area contributed by atoms with Gasteiger partial charge >= 0.3 is 5.97 Å². The van der Waals surface area contributed by atoms with Crippen LogP contribution in [0.4, 0.5) is 0 Å². The molecule has 2 rings (SSSR count). The maximum Gasteiger partial charge on any atom is 0.342 e. The molecular weight excluding hydrogens is 427 g/mol. The number of carbonyl (C=O) groups is 1. The lowest BCUT2D eigenvalue weighted by molar-refractivity contribution is -0.167. The molecular formula is C19H20Cl2O6S. The lowest BCUT2D eigenvalue weighted by Crippen LogP contribution is -2.38. The molecule has 6 nitrogen and oxygen atoms in total. The molecule has 0 spiro atoms. The normalized spacial score (nSPS) is 13.8. The smallest absolute Gasteiger partial charge is 0.342 e. The van der Waals surface area contributed by atoms with Gasteiger partial charge in [-0.05, 0) is 43.7 Å². The van der Waals surface area contributed by atoms with Gasteiger partial charge in [0.2, 0.25) is 0 Å². The zero-order valence-corrected chi connectivity index (χ0v) is 17.6. The van der Waals surface area contributed by atoms with Crippen molar-refractivity contribution in [2.24, 2.45) is 0 Å². The number of ether oxygens (including phenoxy) is 1. The van der Waals surface area contributed by atoms with Gasteiger partial charge in [0, 0.05) is 6.42 Å². The molecule has 0 saturated heterocycles. The Balaban J connectivity index is 2.22. The lowest BCUT2D eigenvalue weighted by Gasteiger charge is -2.26. The first-order chi connectivity index (χ1) is 13.1. The van der Waals surface area contributed by atoms with Crippen LogP contribution in [0.1, 0.15) is 24.5 Å². The first kappa shape index (κ1) is 22.6.